The third-order valence-corrected chi connectivity index (χ3v) is 4.77. The van der Waals surface area contributed by atoms with Gasteiger partial charge in [0.1, 0.15) is 0 Å². The molecule has 21 heavy (non-hydrogen) atoms. The topological polar surface area (TPSA) is 52.0 Å². The summed E-state index contributed by atoms with van der Waals surface area (Å²) in [6, 6.07) is 8.25. The fourth-order valence-corrected chi connectivity index (χ4v) is 3.29. The molecule has 0 radical (unpaired) electrons. The molecule has 0 amide bonds. The minimum atomic E-state index is -3.95. The predicted octanol–water partition coefficient (Wildman–Crippen LogP) is 2.86. The number of hydrogen-bond acceptors (Lipinski definition) is 3. The van der Waals surface area contributed by atoms with Gasteiger partial charge in [-0.2, -0.15) is 17.6 Å². The van der Waals surface area contributed by atoms with Gasteiger partial charge < -0.3 is 0 Å². The van der Waals surface area contributed by atoms with Gasteiger partial charge in [0, 0.05) is 0 Å². The molecule has 3 aromatic rings. The van der Waals surface area contributed by atoms with Gasteiger partial charge in [-0.15, -0.1) is 0 Å². The minimum absolute atomic E-state index is 0.00512. The fourth-order valence-electron chi connectivity index (χ4n) is 2.02. The van der Waals surface area contributed by atoms with Gasteiger partial charge in [0.25, 0.3) is 10.0 Å². The summed E-state index contributed by atoms with van der Waals surface area (Å²) in [6.07, 6.45) is 0.999. The first-order valence-corrected chi connectivity index (χ1v) is 7.49. The van der Waals surface area contributed by atoms with Crippen LogP contribution in [0, 0.1) is 18.6 Å². The van der Waals surface area contributed by atoms with Crippen LogP contribution < -0.4 is 0 Å². The number of benzene rings is 2. The molecule has 4 nitrogen and oxygen atoms in total. The van der Waals surface area contributed by atoms with Crippen molar-refractivity contribution in [3.05, 3.63) is 59.8 Å². The Morgan fingerprint density at radius 3 is 2.38 bits per heavy atom. The molecule has 0 aliphatic rings. The molecule has 7 heteroatoms. The minimum Gasteiger partial charge on any atom is -0.204 e. The number of aromatic nitrogens is 2. The molecule has 0 unspecified atom stereocenters. The van der Waals surface area contributed by atoms with Crippen LogP contribution in [-0.4, -0.2) is 17.6 Å². The quantitative estimate of drug-likeness (QED) is 0.731. The Morgan fingerprint density at radius 2 is 1.71 bits per heavy atom. The standard InChI is InChI=1S/C14H10F2N2O2S/c1-9-2-4-10(5-3-9)21(19,20)18-13-7-6-12(15)14(16)11(13)8-17-18/h2-8H,1H3. The second kappa shape index (κ2) is 4.63. The van der Waals surface area contributed by atoms with Gasteiger partial charge in [0.2, 0.25) is 0 Å². The monoisotopic (exact) mass is 308 g/mol. The molecule has 108 valence electrons. The van der Waals surface area contributed by atoms with E-state index in [0.717, 1.165) is 17.8 Å². The largest absolute Gasteiger partial charge is 0.283 e. The highest BCUT2D eigenvalue weighted by Gasteiger charge is 2.22. The van der Waals surface area contributed by atoms with E-state index < -0.39 is 21.7 Å². The summed E-state index contributed by atoms with van der Waals surface area (Å²) in [4.78, 5) is 0.0304. The molecule has 1 aromatic heterocycles. The Morgan fingerprint density at radius 1 is 1.05 bits per heavy atom. The second-order valence-electron chi connectivity index (χ2n) is 4.60. The van der Waals surface area contributed by atoms with Crippen LogP contribution in [0.4, 0.5) is 8.78 Å². The van der Waals surface area contributed by atoms with Gasteiger partial charge in [-0.3, -0.25) is 0 Å². The Balaban J connectivity index is 2.25. The molecule has 0 aliphatic carbocycles. The van der Waals surface area contributed by atoms with Crippen molar-refractivity contribution in [1.29, 1.82) is 0 Å². The third kappa shape index (κ3) is 2.09. The molecule has 0 aliphatic heterocycles. The number of nitrogens with zero attached hydrogens (tertiary/aromatic N) is 2. The molecule has 1 heterocycles. The first-order valence-electron chi connectivity index (χ1n) is 6.05. The highest BCUT2D eigenvalue weighted by Crippen LogP contribution is 2.23. The summed E-state index contributed by atoms with van der Waals surface area (Å²) in [6.45, 7) is 1.83. The molecule has 0 spiro atoms. The molecule has 0 fully saturated rings. The molecule has 0 bridgehead atoms. The maximum atomic E-state index is 13.6. The average molecular weight is 308 g/mol. The normalized spacial score (nSPS) is 12.0. The van der Waals surface area contributed by atoms with Crippen LogP contribution in [0.15, 0.2) is 47.5 Å². The highest BCUT2D eigenvalue weighted by atomic mass is 32.2. The number of halogens is 2. The lowest BCUT2D eigenvalue weighted by atomic mass is 10.2. The molecule has 0 atom stereocenters. The summed E-state index contributed by atoms with van der Waals surface area (Å²) < 4.78 is 52.5. The number of hydrogen-bond donors (Lipinski definition) is 0. The van der Waals surface area contributed by atoms with Crippen LogP contribution in [0.25, 0.3) is 10.9 Å². The highest BCUT2D eigenvalue weighted by molar-refractivity contribution is 7.90. The van der Waals surface area contributed by atoms with E-state index in [4.69, 9.17) is 0 Å². The summed E-state index contributed by atoms with van der Waals surface area (Å²) in [5.41, 5.74) is 0.905. The van der Waals surface area contributed by atoms with E-state index in [2.05, 4.69) is 5.10 Å². The maximum Gasteiger partial charge on any atom is 0.283 e. The zero-order valence-corrected chi connectivity index (χ0v) is 11.7. The van der Waals surface area contributed by atoms with E-state index >= 15 is 0 Å². The van der Waals surface area contributed by atoms with Crippen molar-refractivity contribution in [2.24, 2.45) is 0 Å². The zero-order chi connectivity index (χ0) is 15.2. The lowest BCUT2D eigenvalue weighted by Gasteiger charge is -2.06. The van der Waals surface area contributed by atoms with Crippen molar-refractivity contribution in [3.63, 3.8) is 0 Å². The van der Waals surface area contributed by atoms with E-state index in [0.29, 0.717) is 4.09 Å². The van der Waals surface area contributed by atoms with Gasteiger partial charge in [-0.05, 0) is 31.2 Å². The van der Waals surface area contributed by atoms with Crippen molar-refractivity contribution in [3.8, 4) is 0 Å². The summed E-state index contributed by atoms with van der Waals surface area (Å²) in [5, 5.41) is 3.51. The molecule has 0 saturated heterocycles. The van der Waals surface area contributed by atoms with Gasteiger partial charge in [-0.25, -0.2) is 8.78 Å². The second-order valence-corrected chi connectivity index (χ2v) is 6.37. The Kier molecular flexibility index (Phi) is 3.02. The van der Waals surface area contributed by atoms with Crippen LogP contribution in [0.1, 0.15) is 5.56 Å². The van der Waals surface area contributed by atoms with Gasteiger partial charge in [0.15, 0.2) is 11.6 Å². The van der Waals surface area contributed by atoms with Crippen LogP contribution in [0.5, 0.6) is 0 Å². The molecule has 0 N–H and O–H groups in total. The molecule has 2 aromatic carbocycles. The molecule has 3 rings (SSSR count). The van der Waals surface area contributed by atoms with E-state index in [1.807, 2.05) is 6.92 Å². The third-order valence-electron chi connectivity index (χ3n) is 3.15. The van der Waals surface area contributed by atoms with Crippen LogP contribution >= 0.6 is 0 Å². The van der Waals surface area contributed by atoms with Crippen molar-refractivity contribution >= 4 is 20.9 Å². The fraction of sp³-hybridized carbons (Fsp3) is 0.0714. The Hall–Kier alpha value is -2.28. The number of aryl methyl sites for hydroxylation is 1. The van der Waals surface area contributed by atoms with E-state index in [1.165, 1.54) is 18.2 Å². The Labute approximate surface area is 119 Å². The first-order chi connectivity index (χ1) is 9.91. The molecular formula is C14H10F2N2O2S. The average Bonchev–Trinajstić information content (AvgIpc) is 2.89. The smallest absolute Gasteiger partial charge is 0.204 e. The van der Waals surface area contributed by atoms with Gasteiger partial charge in [-0.1, -0.05) is 17.7 Å². The van der Waals surface area contributed by atoms with Crippen LogP contribution in [0.2, 0.25) is 0 Å². The summed E-state index contributed by atoms with van der Waals surface area (Å²) >= 11 is 0. The molecule has 0 saturated carbocycles. The van der Waals surface area contributed by atoms with Gasteiger partial charge in [0.05, 0.1) is 22.0 Å². The summed E-state index contributed by atoms with van der Waals surface area (Å²) in [5.74, 6) is -2.16. The summed E-state index contributed by atoms with van der Waals surface area (Å²) in [7, 11) is -3.95. The number of rotatable bonds is 2. The van der Waals surface area contributed by atoms with Crippen molar-refractivity contribution in [1.82, 2.24) is 9.19 Å². The predicted molar refractivity (Wildman–Crippen MR) is 73.4 cm³/mol. The lowest BCUT2D eigenvalue weighted by molar-refractivity contribution is 0.517. The van der Waals surface area contributed by atoms with Crippen molar-refractivity contribution in [2.45, 2.75) is 11.8 Å². The van der Waals surface area contributed by atoms with Crippen LogP contribution in [0.3, 0.4) is 0 Å². The lowest BCUT2D eigenvalue weighted by Crippen LogP contribution is -2.14. The maximum absolute atomic E-state index is 13.6. The zero-order valence-electron chi connectivity index (χ0n) is 10.9. The SMILES string of the molecule is Cc1ccc(S(=O)(=O)n2ncc3c(F)c(F)ccc32)cc1. The van der Waals surface area contributed by atoms with E-state index in [1.54, 1.807) is 12.1 Å². The van der Waals surface area contributed by atoms with Crippen molar-refractivity contribution < 1.29 is 17.2 Å². The van der Waals surface area contributed by atoms with Crippen LogP contribution in [-0.2, 0) is 10.0 Å². The van der Waals surface area contributed by atoms with E-state index in [-0.39, 0.29) is 15.8 Å². The molecular weight excluding hydrogens is 298 g/mol. The number of fused-ring (bicyclic) bond motifs is 1. The van der Waals surface area contributed by atoms with Crippen molar-refractivity contribution in [2.75, 3.05) is 0 Å². The van der Waals surface area contributed by atoms with E-state index in [9.17, 15) is 17.2 Å². The first kappa shape index (κ1) is 13.7. The van der Waals surface area contributed by atoms with Gasteiger partial charge >= 0.3 is 0 Å². The Bertz CT molecular complexity index is 932.